The minimum absolute atomic E-state index is 0.00675. The molecule has 0 aliphatic rings. The molecule has 0 aliphatic heterocycles. The Hall–Kier alpha value is -1.24. The molecule has 0 fully saturated rings. The van der Waals surface area contributed by atoms with Gasteiger partial charge in [-0.2, -0.15) is 0 Å². The molecule has 1 heterocycles. The fraction of sp³-hybridized carbons (Fsp3) is 0.333. The molecular formula is C15H18BrN3OS. The first-order valence-corrected chi connectivity index (χ1v) is 8.34. The Labute approximate surface area is 137 Å². The maximum atomic E-state index is 11.9. The van der Waals surface area contributed by atoms with Crippen LogP contribution in [0, 0.1) is 5.92 Å². The molecule has 1 atom stereocenters. The van der Waals surface area contributed by atoms with Crippen molar-refractivity contribution in [1.82, 2.24) is 10.3 Å². The van der Waals surface area contributed by atoms with Crippen molar-refractivity contribution in [3.63, 3.8) is 0 Å². The van der Waals surface area contributed by atoms with Crippen molar-refractivity contribution >= 4 is 38.3 Å². The Morgan fingerprint density at radius 2 is 2.29 bits per heavy atom. The first-order chi connectivity index (χ1) is 10.1. The molecule has 0 saturated heterocycles. The van der Waals surface area contributed by atoms with Crippen LogP contribution in [0.5, 0.6) is 0 Å². The number of nitrogens with zero attached hydrogens (tertiary/aromatic N) is 1. The summed E-state index contributed by atoms with van der Waals surface area (Å²) in [6.07, 6.45) is 2.64. The van der Waals surface area contributed by atoms with E-state index in [2.05, 4.69) is 43.7 Å². The van der Waals surface area contributed by atoms with Gasteiger partial charge in [-0.1, -0.05) is 35.0 Å². The topological polar surface area (TPSA) is 54.0 Å². The third-order valence-electron chi connectivity index (χ3n) is 3.01. The van der Waals surface area contributed by atoms with Crippen molar-refractivity contribution in [3.05, 3.63) is 45.4 Å². The van der Waals surface area contributed by atoms with E-state index < -0.39 is 0 Å². The van der Waals surface area contributed by atoms with Crippen LogP contribution in [-0.4, -0.2) is 24.5 Å². The van der Waals surface area contributed by atoms with E-state index in [1.54, 1.807) is 0 Å². The van der Waals surface area contributed by atoms with Gasteiger partial charge in [-0.15, -0.1) is 11.3 Å². The fourth-order valence-electron chi connectivity index (χ4n) is 1.92. The molecule has 1 aromatic heterocycles. The van der Waals surface area contributed by atoms with Crippen LogP contribution in [-0.2, 0) is 11.2 Å². The average Bonchev–Trinajstić information content (AvgIpc) is 2.86. The average molecular weight is 368 g/mol. The number of benzene rings is 1. The number of hydrogen-bond acceptors (Lipinski definition) is 4. The molecule has 4 nitrogen and oxygen atoms in total. The lowest BCUT2D eigenvalue weighted by molar-refractivity contribution is -0.119. The van der Waals surface area contributed by atoms with Crippen LogP contribution in [0.15, 0.2) is 34.9 Å². The monoisotopic (exact) mass is 367 g/mol. The number of nitrogens with one attached hydrogen (secondary N) is 2. The number of aromatic nitrogens is 1. The van der Waals surface area contributed by atoms with E-state index in [1.165, 1.54) is 16.9 Å². The zero-order chi connectivity index (χ0) is 15.2. The van der Waals surface area contributed by atoms with Crippen molar-refractivity contribution < 1.29 is 4.79 Å². The van der Waals surface area contributed by atoms with E-state index in [0.29, 0.717) is 11.7 Å². The largest absolute Gasteiger partial charge is 0.319 e. The van der Waals surface area contributed by atoms with Crippen LogP contribution < -0.4 is 10.6 Å². The van der Waals surface area contributed by atoms with Crippen LogP contribution in [0.25, 0.3) is 0 Å². The number of rotatable bonds is 6. The molecule has 2 rings (SSSR count). The van der Waals surface area contributed by atoms with Gasteiger partial charge in [0.1, 0.15) is 0 Å². The SMILES string of the molecule is CNCC(C)C(=O)Nc1ncc(Cc2cccc(Br)c2)s1. The Kier molecular flexibility index (Phi) is 5.90. The molecular weight excluding hydrogens is 350 g/mol. The molecule has 0 radical (unpaired) electrons. The zero-order valence-electron chi connectivity index (χ0n) is 12.0. The van der Waals surface area contributed by atoms with E-state index in [9.17, 15) is 4.79 Å². The van der Waals surface area contributed by atoms with Gasteiger partial charge < -0.3 is 10.6 Å². The summed E-state index contributed by atoms with van der Waals surface area (Å²) in [6.45, 7) is 2.55. The molecule has 0 saturated carbocycles. The van der Waals surface area contributed by atoms with Gasteiger partial charge in [-0.25, -0.2) is 4.98 Å². The van der Waals surface area contributed by atoms with E-state index >= 15 is 0 Å². The molecule has 21 heavy (non-hydrogen) atoms. The van der Waals surface area contributed by atoms with Crippen LogP contribution in [0.2, 0.25) is 0 Å². The summed E-state index contributed by atoms with van der Waals surface area (Å²) in [5.74, 6) is -0.0832. The maximum Gasteiger partial charge on any atom is 0.230 e. The van der Waals surface area contributed by atoms with Crippen molar-refractivity contribution in [2.75, 3.05) is 18.9 Å². The second-order valence-electron chi connectivity index (χ2n) is 4.89. The molecule has 1 amide bonds. The molecule has 0 aliphatic carbocycles. The highest BCUT2D eigenvalue weighted by Gasteiger charge is 2.13. The Balaban J connectivity index is 1.97. The summed E-state index contributed by atoms with van der Waals surface area (Å²) in [6, 6.07) is 8.19. The smallest absolute Gasteiger partial charge is 0.230 e. The Morgan fingerprint density at radius 3 is 3.00 bits per heavy atom. The standard InChI is InChI=1S/C15H18BrN3OS/c1-10(8-17-2)14(20)19-15-18-9-13(21-15)7-11-4-3-5-12(16)6-11/h3-6,9-10,17H,7-8H2,1-2H3,(H,18,19,20). The summed E-state index contributed by atoms with van der Waals surface area (Å²) in [7, 11) is 1.84. The normalized spacial score (nSPS) is 12.1. The predicted molar refractivity (Wildman–Crippen MR) is 90.8 cm³/mol. The van der Waals surface area contributed by atoms with E-state index in [1.807, 2.05) is 32.3 Å². The lowest BCUT2D eigenvalue weighted by atomic mass is 10.1. The minimum atomic E-state index is -0.0765. The third-order valence-corrected chi connectivity index (χ3v) is 4.41. The van der Waals surface area contributed by atoms with Gasteiger partial charge in [0.2, 0.25) is 5.91 Å². The van der Waals surface area contributed by atoms with Crippen molar-refractivity contribution in [1.29, 1.82) is 0 Å². The summed E-state index contributed by atoms with van der Waals surface area (Å²) < 4.78 is 1.07. The maximum absolute atomic E-state index is 11.9. The lowest BCUT2D eigenvalue weighted by Crippen LogP contribution is -2.28. The van der Waals surface area contributed by atoms with Gasteiger partial charge in [0.05, 0.1) is 0 Å². The van der Waals surface area contributed by atoms with Gasteiger partial charge in [0, 0.05) is 34.4 Å². The highest BCUT2D eigenvalue weighted by Crippen LogP contribution is 2.22. The zero-order valence-corrected chi connectivity index (χ0v) is 14.4. The molecule has 2 N–H and O–H groups in total. The number of halogens is 1. The van der Waals surface area contributed by atoms with Gasteiger partial charge in [0.15, 0.2) is 5.13 Å². The second-order valence-corrected chi connectivity index (χ2v) is 6.92. The van der Waals surface area contributed by atoms with E-state index in [4.69, 9.17) is 0 Å². The van der Waals surface area contributed by atoms with Crippen LogP contribution in [0.4, 0.5) is 5.13 Å². The number of carbonyl (C=O) groups excluding carboxylic acids is 1. The minimum Gasteiger partial charge on any atom is -0.319 e. The molecule has 0 bridgehead atoms. The Bertz CT molecular complexity index is 614. The summed E-state index contributed by atoms with van der Waals surface area (Å²) in [5, 5.41) is 6.52. The number of amides is 1. The third kappa shape index (κ3) is 4.91. The highest BCUT2D eigenvalue weighted by molar-refractivity contribution is 9.10. The predicted octanol–water partition coefficient (Wildman–Crippen LogP) is 3.29. The number of hydrogen-bond donors (Lipinski definition) is 2. The van der Waals surface area contributed by atoms with Crippen molar-refractivity contribution in [3.8, 4) is 0 Å². The van der Waals surface area contributed by atoms with Gasteiger partial charge in [-0.05, 0) is 24.7 Å². The van der Waals surface area contributed by atoms with Gasteiger partial charge in [-0.3, -0.25) is 4.79 Å². The molecule has 0 spiro atoms. The van der Waals surface area contributed by atoms with Crippen LogP contribution in [0.3, 0.4) is 0 Å². The first-order valence-electron chi connectivity index (χ1n) is 6.73. The van der Waals surface area contributed by atoms with Crippen molar-refractivity contribution in [2.45, 2.75) is 13.3 Å². The van der Waals surface area contributed by atoms with Gasteiger partial charge >= 0.3 is 0 Å². The number of thiazole rings is 1. The molecule has 2 aromatic rings. The molecule has 112 valence electrons. The summed E-state index contributed by atoms with van der Waals surface area (Å²) in [5.41, 5.74) is 1.22. The van der Waals surface area contributed by atoms with Crippen molar-refractivity contribution in [2.24, 2.45) is 5.92 Å². The van der Waals surface area contributed by atoms with E-state index in [-0.39, 0.29) is 11.8 Å². The number of anilines is 1. The fourth-order valence-corrected chi connectivity index (χ4v) is 3.22. The molecule has 6 heteroatoms. The first kappa shape index (κ1) is 16.1. The molecule has 1 aromatic carbocycles. The van der Waals surface area contributed by atoms with Gasteiger partial charge in [0.25, 0.3) is 0 Å². The summed E-state index contributed by atoms with van der Waals surface area (Å²) in [4.78, 5) is 17.3. The highest BCUT2D eigenvalue weighted by atomic mass is 79.9. The van der Waals surface area contributed by atoms with Crippen LogP contribution >= 0.6 is 27.3 Å². The molecule has 1 unspecified atom stereocenters. The summed E-state index contributed by atoms with van der Waals surface area (Å²) >= 11 is 4.99. The Morgan fingerprint density at radius 1 is 1.48 bits per heavy atom. The quantitative estimate of drug-likeness (QED) is 0.823. The lowest BCUT2D eigenvalue weighted by Gasteiger charge is -2.09. The van der Waals surface area contributed by atoms with Crippen LogP contribution in [0.1, 0.15) is 17.4 Å². The second kappa shape index (κ2) is 7.68. The number of carbonyl (C=O) groups is 1. The van der Waals surface area contributed by atoms with E-state index in [0.717, 1.165) is 15.8 Å².